The van der Waals surface area contributed by atoms with Gasteiger partial charge in [0.05, 0.1) is 17.6 Å². The van der Waals surface area contributed by atoms with Gasteiger partial charge in [-0.25, -0.2) is 0 Å². The van der Waals surface area contributed by atoms with Crippen molar-refractivity contribution in [3.63, 3.8) is 0 Å². The first-order valence-electron chi connectivity index (χ1n) is 7.47. The van der Waals surface area contributed by atoms with E-state index in [-0.39, 0.29) is 17.4 Å². The summed E-state index contributed by atoms with van der Waals surface area (Å²) in [6.45, 7) is 1.95. The van der Waals surface area contributed by atoms with Crippen LogP contribution < -0.4 is 9.61 Å². The van der Waals surface area contributed by atoms with E-state index in [9.17, 15) is 14.4 Å². The summed E-state index contributed by atoms with van der Waals surface area (Å²) < 4.78 is 10.6. The lowest BCUT2D eigenvalue weighted by Gasteiger charge is -2.37. The van der Waals surface area contributed by atoms with Crippen LogP contribution in [-0.2, 0) is 14.3 Å². The van der Waals surface area contributed by atoms with E-state index in [2.05, 4.69) is 4.98 Å². The van der Waals surface area contributed by atoms with Crippen molar-refractivity contribution in [2.75, 3.05) is 6.61 Å². The summed E-state index contributed by atoms with van der Waals surface area (Å²) in [7, 11) is 0. The summed E-state index contributed by atoms with van der Waals surface area (Å²) in [5.41, 5.74) is 0.813. The molecule has 0 amide bonds. The monoisotopic (exact) mass is 363 g/mol. The maximum atomic E-state index is 12.6. The number of carbonyl (C=O) groups is 2. The number of aromatic nitrogens is 1. The van der Waals surface area contributed by atoms with Crippen molar-refractivity contribution < 1.29 is 19.1 Å². The molecule has 0 spiro atoms. The van der Waals surface area contributed by atoms with Crippen molar-refractivity contribution in [2.45, 2.75) is 23.1 Å². The van der Waals surface area contributed by atoms with Gasteiger partial charge in [0.15, 0.2) is 0 Å². The number of esters is 2. The molecule has 3 heterocycles. The minimum Gasteiger partial charge on any atom is -0.465 e. The van der Waals surface area contributed by atoms with Crippen LogP contribution in [0.1, 0.15) is 23.3 Å². The molecule has 6 nitrogen and oxygen atoms in total. The van der Waals surface area contributed by atoms with E-state index in [0.717, 1.165) is 21.8 Å². The minimum absolute atomic E-state index is 0.202. The van der Waals surface area contributed by atoms with Crippen LogP contribution >= 0.6 is 23.1 Å². The second-order valence-corrected chi connectivity index (χ2v) is 7.63. The quantitative estimate of drug-likeness (QED) is 0.650. The van der Waals surface area contributed by atoms with Crippen LogP contribution in [0.4, 0.5) is 0 Å². The lowest BCUT2D eigenvalue weighted by Crippen LogP contribution is -2.44. The van der Waals surface area contributed by atoms with Crippen LogP contribution in [0.5, 0.6) is 5.75 Å². The van der Waals surface area contributed by atoms with E-state index < -0.39 is 23.1 Å². The van der Waals surface area contributed by atoms with Gasteiger partial charge in [-0.05, 0) is 13.0 Å². The number of rotatable bonds is 2. The second kappa shape index (κ2) is 5.78. The number of fused-ring (bicyclic) bond motifs is 5. The molecular formula is C16H13NO5S2. The highest BCUT2D eigenvalue weighted by molar-refractivity contribution is 8.00. The Morgan fingerprint density at radius 2 is 2.12 bits per heavy atom. The Kier molecular flexibility index (Phi) is 3.73. The minimum atomic E-state index is -0.742. The molecule has 0 unspecified atom stereocenters. The molecule has 1 aromatic heterocycles. The van der Waals surface area contributed by atoms with E-state index >= 15 is 0 Å². The second-order valence-electron chi connectivity index (χ2n) is 5.46. The number of aromatic amines is 1. The lowest BCUT2D eigenvalue weighted by atomic mass is 9.80. The first-order chi connectivity index (χ1) is 11.6. The highest BCUT2D eigenvalue weighted by Crippen LogP contribution is 2.53. The molecule has 124 valence electrons. The van der Waals surface area contributed by atoms with Crippen LogP contribution in [-0.4, -0.2) is 28.8 Å². The molecule has 0 radical (unpaired) electrons. The number of ether oxygens (including phenoxy) is 2. The van der Waals surface area contributed by atoms with Crippen molar-refractivity contribution in [3.8, 4) is 5.75 Å². The molecule has 0 saturated heterocycles. The summed E-state index contributed by atoms with van der Waals surface area (Å²) in [6, 6.07) is 7.23. The number of nitrogens with one attached hydrogen (secondary N) is 1. The number of thiazole rings is 1. The summed E-state index contributed by atoms with van der Waals surface area (Å²) in [6.07, 6.45) is 0. The van der Waals surface area contributed by atoms with Gasteiger partial charge in [-0.1, -0.05) is 41.3 Å². The number of hydrogen-bond acceptors (Lipinski definition) is 7. The fraction of sp³-hybridized carbons (Fsp3) is 0.312. The third-order valence-electron chi connectivity index (χ3n) is 4.11. The number of para-hydroxylation sites is 1. The fourth-order valence-electron chi connectivity index (χ4n) is 3.18. The van der Waals surface area contributed by atoms with E-state index in [0.29, 0.717) is 10.8 Å². The Morgan fingerprint density at radius 3 is 2.92 bits per heavy atom. The fourth-order valence-corrected chi connectivity index (χ4v) is 5.64. The molecule has 8 heteroatoms. The maximum absolute atomic E-state index is 12.6. The Bertz CT molecular complexity index is 887. The zero-order valence-corrected chi connectivity index (χ0v) is 14.2. The van der Waals surface area contributed by atoms with Crippen LogP contribution in [0.25, 0.3) is 0 Å². The standard InChI is InChI=1S/C16H13NO5S2/c1-2-21-15(19)12-10-9(11-13(23-12)17-16(20)24-11)7-5-3-4-6-8(7)22-14(10)18/h3-6,9-10,12H,2H2,1H3,(H,17,20)/t9-,10+,12-/m0/s1. The largest absolute Gasteiger partial charge is 0.465 e. The van der Waals surface area contributed by atoms with Crippen LogP contribution in [0, 0.1) is 5.92 Å². The SMILES string of the molecule is CCOC(=O)[C@H]1Sc2[nH]c(=O)sc2[C@H]2c3ccccc3OC(=O)[C@H]21. The molecule has 0 fully saturated rings. The van der Waals surface area contributed by atoms with E-state index in [1.165, 1.54) is 11.8 Å². The molecule has 2 aromatic rings. The number of H-pyrrole nitrogens is 1. The van der Waals surface area contributed by atoms with Gasteiger partial charge in [-0.15, -0.1) is 0 Å². The van der Waals surface area contributed by atoms with Gasteiger partial charge in [0, 0.05) is 16.4 Å². The highest BCUT2D eigenvalue weighted by atomic mass is 32.2. The zero-order chi connectivity index (χ0) is 16.8. The zero-order valence-electron chi connectivity index (χ0n) is 12.6. The van der Waals surface area contributed by atoms with Crippen molar-refractivity contribution in [3.05, 3.63) is 44.4 Å². The van der Waals surface area contributed by atoms with Gasteiger partial charge in [0.2, 0.25) is 0 Å². The number of thioether (sulfide) groups is 1. The maximum Gasteiger partial charge on any atom is 0.320 e. The molecule has 24 heavy (non-hydrogen) atoms. The van der Waals surface area contributed by atoms with Crippen molar-refractivity contribution >= 4 is 35.0 Å². The number of hydrogen-bond donors (Lipinski definition) is 1. The van der Waals surface area contributed by atoms with Crippen molar-refractivity contribution in [1.29, 1.82) is 0 Å². The van der Waals surface area contributed by atoms with Crippen LogP contribution in [0.2, 0.25) is 0 Å². The average molecular weight is 363 g/mol. The Balaban J connectivity index is 1.90. The van der Waals surface area contributed by atoms with E-state index in [1.807, 2.05) is 12.1 Å². The summed E-state index contributed by atoms with van der Waals surface area (Å²) in [5, 5.41) is -0.109. The highest BCUT2D eigenvalue weighted by Gasteiger charge is 2.52. The van der Waals surface area contributed by atoms with Gasteiger partial charge in [-0.2, -0.15) is 0 Å². The lowest BCUT2D eigenvalue weighted by molar-refractivity contribution is -0.150. The van der Waals surface area contributed by atoms with Crippen LogP contribution in [0.3, 0.4) is 0 Å². The Hall–Kier alpha value is -2.06. The predicted molar refractivity (Wildman–Crippen MR) is 88.6 cm³/mol. The van der Waals surface area contributed by atoms with Gasteiger partial charge in [0.1, 0.15) is 11.0 Å². The Labute approximate surface area is 145 Å². The molecule has 0 aliphatic carbocycles. The third-order valence-corrected chi connectivity index (χ3v) is 6.50. The Morgan fingerprint density at radius 1 is 1.33 bits per heavy atom. The van der Waals surface area contributed by atoms with Gasteiger partial charge < -0.3 is 14.5 Å². The molecular weight excluding hydrogens is 350 g/mol. The van der Waals surface area contributed by atoms with E-state index in [1.54, 1.807) is 19.1 Å². The molecule has 1 N–H and O–H groups in total. The molecule has 0 saturated carbocycles. The van der Waals surface area contributed by atoms with Gasteiger partial charge in [-0.3, -0.25) is 14.4 Å². The first kappa shape index (κ1) is 15.5. The van der Waals surface area contributed by atoms with Crippen molar-refractivity contribution in [2.24, 2.45) is 5.92 Å². The average Bonchev–Trinajstić information content (AvgIpc) is 2.94. The third kappa shape index (κ3) is 2.29. The summed E-state index contributed by atoms with van der Waals surface area (Å²) in [5.74, 6) is -1.53. The molecule has 4 rings (SSSR count). The van der Waals surface area contributed by atoms with Gasteiger partial charge >= 0.3 is 16.8 Å². The normalized spacial score (nSPS) is 24.4. The topological polar surface area (TPSA) is 85.5 Å². The molecule has 1 aromatic carbocycles. The van der Waals surface area contributed by atoms with E-state index in [4.69, 9.17) is 9.47 Å². The smallest absolute Gasteiger partial charge is 0.320 e. The summed E-state index contributed by atoms with van der Waals surface area (Å²) >= 11 is 2.25. The molecule has 3 atom stereocenters. The van der Waals surface area contributed by atoms with Crippen LogP contribution in [0.15, 0.2) is 34.1 Å². The molecule has 2 aliphatic heterocycles. The molecule has 2 aliphatic rings. The molecule has 0 bridgehead atoms. The van der Waals surface area contributed by atoms with Crippen molar-refractivity contribution in [1.82, 2.24) is 4.98 Å². The number of benzene rings is 1. The number of carbonyl (C=O) groups excluding carboxylic acids is 2. The van der Waals surface area contributed by atoms with Gasteiger partial charge in [0.25, 0.3) is 0 Å². The summed E-state index contributed by atoms with van der Waals surface area (Å²) in [4.78, 5) is 40.2. The predicted octanol–water partition coefficient (Wildman–Crippen LogP) is 2.14. The first-order valence-corrected chi connectivity index (χ1v) is 9.16.